The van der Waals surface area contributed by atoms with Crippen LogP contribution in [0.2, 0.25) is 0 Å². The number of rotatable bonds is 5. The molecular formula is C13H10F3N5O4. The molecule has 0 aliphatic heterocycles. The fourth-order valence-corrected chi connectivity index (χ4v) is 1.95. The Morgan fingerprint density at radius 3 is 2.40 bits per heavy atom. The molecule has 0 aliphatic rings. The Balaban J connectivity index is 1.94. The first kappa shape index (κ1) is 16.5. The molecule has 12 heteroatoms. The van der Waals surface area contributed by atoms with Crippen LogP contribution < -0.4 is 19.5 Å². The largest absolute Gasteiger partial charge is 0.573 e. The third-order valence-electron chi connectivity index (χ3n) is 2.94. The van der Waals surface area contributed by atoms with Crippen molar-refractivity contribution in [2.24, 2.45) is 0 Å². The SMILES string of the molecule is COc1cc(OC(F)(F)F)ccc1Nc1nc2nonc2nc1OC. The summed E-state index contributed by atoms with van der Waals surface area (Å²) in [6, 6.07) is 3.52. The number of halogens is 3. The Labute approximate surface area is 137 Å². The molecule has 3 rings (SSSR count). The molecule has 0 radical (unpaired) electrons. The van der Waals surface area contributed by atoms with Gasteiger partial charge < -0.3 is 19.5 Å². The lowest BCUT2D eigenvalue weighted by Gasteiger charge is -2.14. The minimum absolute atomic E-state index is 0.0841. The van der Waals surface area contributed by atoms with Gasteiger partial charge >= 0.3 is 6.36 Å². The molecule has 0 bridgehead atoms. The Morgan fingerprint density at radius 2 is 1.76 bits per heavy atom. The van der Waals surface area contributed by atoms with Gasteiger partial charge in [-0.1, -0.05) is 0 Å². The van der Waals surface area contributed by atoms with E-state index in [9.17, 15) is 13.2 Å². The first-order valence-corrected chi connectivity index (χ1v) is 6.64. The molecule has 2 heterocycles. The maximum Gasteiger partial charge on any atom is 0.573 e. The van der Waals surface area contributed by atoms with E-state index >= 15 is 0 Å². The van der Waals surface area contributed by atoms with Gasteiger partial charge in [0.25, 0.3) is 5.88 Å². The lowest BCUT2D eigenvalue weighted by Crippen LogP contribution is -2.17. The highest BCUT2D eigenvalue weighted by Crippen LogP contribution is 2.35. The molecule has 132 valence electrons. The number of nitrogens with one attached hydrogen (secondary N) is 1. The Morgan fingerprint density at radius 1 is 1.04 bits per heavy atom. The third kappa shape index (κ3) is 3.62. The number of anilines is 2. The summed E-state index contributed by atoms with van der Waals surface area (Å²) in [7, 11) is 2.66. The second-order valence-electron chi connectivity index (χ2n) is 4.53. The van der Waals surface area contributed by atoms with Crippen molar-refractivity contribution in [1.82, 2.24) is 20.3 Å². The summed E-state index contributed by atoms with van der Waals surface area (Å²) in [6.45, 7) is 0. The minimum atomic E-state index is -4.81. The van der Waals surface area contributed by atoms with Crippen molar-refractivity contribution < 1.29 is 32.0 Å². The molecule has 0 unspecified atom stereocenters. The number of ether oxygens (including phenoxy) is 3. The highest BCUT2D eigenvalue weighted by Gasteiger charge is 2.31. The average molecular weight is 357 g/mol. The molecule has 0 saturated carbocycles. The summed E-state index contributed by atoms with van der Waals surface area (Å²) >= 11 is 0. The molecule has 25 heavy (non-hydrogen) atoms. The molecule has 1 aromatic carbocycles. The number of hydrogen-bond donors (Lipinski definition) is 1. The van der Waals surface area contributed by atoms with Crippen molar-refractivity contribution >= 4 is 22.8 Å². The molecular weight excluding hydrogens is 347 g/mol. The van der Waals surface area contributed by atoms with Crippen molar-refractivity contribution in [3.05, 3.63) is 18.2 Å². The molecule has 0 saturated heterocycles. The van der Waals surface area contributed by atoms with Crippen molar-refractivity contribution in [3.63, 3.8) is 0 Å². The number of alkyl halides is 3. The number of methoxy groups -OCH3 is 2. The van der Waals surface area contributed by atoms with Gasteiger partial charge in [0.05, 0.1) is 19.9 Å². The zero-order chi connectivity index (χ0) is 18.0. The van der Waals surface area contributed by atoms with Crippen LogP contribution >= 0.6 is 0 Å². The zero-order valence-corrected chi connectivity index (χ0v) is 12.8. The second kappa shape index (κ2) is 6.30. The van der Waals surface area contributed by atoms with E-state index in [1.54, 1.807) is 0 Å². The van der Waals surface area contributed by atoms with Crippen LogP contribution in [0.15, 0.2) is 22.8 Å². The van der Waals surface area contributed by atoms with Crippen LogP contribution in [0, 0.1) is 0 Å². The number of hydrogen-bond acceptors (Lipinski definition) is 9. The highest BCUT2D eigenvalue weighted by molar-refractivity contribution is 5.73. The molecule has 0 spiro atoms. The van der Waals surface area contributed by atoms with Crippen LogP contribution in [0.1, 0.15) is 0 Å². The third-order valence-corrected chi connectivity index (χ3v) is 2.94. The molecule has 1 N–H and O–H groups in total. The van der Waals surface area contributed by atoms with Gasteiger partial charge in [-0.3, -0.25) is 0 Å². The van der Waals surface area contributed by atoms with E-state index < -0.39 is 12.1 Å². The first-order valence-electron chi connectivity index (χ1n) is 6.64. The van der Waals surface area contributed by atoms with Crippen LogP contribution in [0.3, 0.4) is 0 Å². The summed E-state index contributed by atoms with van der Waals surface area (Å²) in [5, 5.41) is 9.95. The highest BCUT2D eigenvalue weighted by atomic mass is 19.4. The molecule has 3 aromatic rings. The van der Waals surface area contributed by atoms with Gasteiger partial charge in [-0.2, -0.15) is 9.97 Å². The molecule has 0 atom stereocenters. The summed E-state index contributed by atoms with van der Waals surface area (Å²) in [6.07, 6.45) is -4.81. The molecule has 0 aliphatic carbocycles. The number of fused-ring (bicyclic) bond motifs is 1. The smallest absolute Gasteiger partial charge is 0.494 e. The summed E-state index contributed by atoms with van der Waals surface area (Å²) < 4.78 is 55.5. The zero-order valence-electron chi connectivity index (χ0n) is 12.8. The maximum absolute atomic E-state index is 12.3. The number of aromatic nitrogens is 4. The fraction of sp³-hybridized carbons (Fsp3) is 0.231. The Kier molecular flexibility index (Phi) is 4.17. The van der Waals surface area contributed by atoms with E-state index in [0.29, 0.717) is 5.69 Å². The minimum Gasteiger partial charge on any atom is -0.494 e. The van der Waals surface area contributed by atoms with Crippen LogP contribution in [-0.2, 0) is 0 Å². The van der Waals surface area contributed by atoms with Gasteiger partial charge in [-0.15, -0.1) is 13.2 Å². The maximum atomic E-state index is 12.3. The van der Waals surface area contributed by atoms with Crippen LogP contribution in [0.25, 0.3) is 11.3 Å². The van der Waals surface area contributed by atoms with Crippen molar-refractivity contribution in [2.75, 3.05) is 19.5 Å². The Bertz CT molecular complexity index is 899. The first-order chi connectivity index (χ1) is 11.9. The van der Waals surface area contributed by atoms with E-state index in [1.165, 1.54) is 20.3 Å². The van der Waals surface area contributed by atoms with Gasteiger partial charge in [0.1, 0.15) is 11.5 Å². The van der Waals surface area contributed by atoms with Crippen LogP contribution in [0.5, 0.6) is 17.4 Å². The van der Waals surface area contributed by atoms with Gasteiger partial charge in [-0.25, -0.2) is 4.63 Å². The standard InChI is InChI=1S/C13H10F3N5O4/c1-22-8-5-6(24-13(14,15)16)3-4-7(8)17-11-12(23-2)19-10-9(18-11)20-25-21-10/h3-5H,1-2H3,(H,17,18,20). The monoisotopic (exact) mass is 357 g/mol. The lowest BCUT2D eigenvalue weighted by atomic mass is 10.2. The molecule has 2 aromatic heterocycles. The van der Waals surface area contributed by atoms with E-state index in [1.807, 2.05) is 0 Å². The fourth-order valence-electron chi connectivity index (χ4n) is 1.95. The summed E-state index contributed by atoms with van der Waals surface area (Å²) in [5.41, 5.74) is 0.572. The van der Waals surface area contributed by atoms with Gasteiger partial charge in [0, 0.05) is 6.07 Å². The number of benzene rings is 1. The summed E-state index contributed by atoms with van der Waals surface area (Å²) in [4.78, 5) is 8.17. The predicted molar refractivity (Wildman–Crippen MR) is 76.9 cm³/mol. The van der Waals surface area contributed by atoms with Gasteiger partial charge in [-0.05, 0) is 22.4 Å². The second-order valence-corrected chi connectivity index (χ2v) is 4.53. The van der Waals surface area contributed by atoms with Crippen LogP contribution in [-0.4, -0.2) is 40.9 Å². The molecule has 0 amide bonds. The van der Waals surface area contributed by atoms with Gasteiger partial charge in [0.15, 0.2) is 5.82 Å². The van der Waals surface area contributed by atoms with E-state index in [0.717, 1.165) is 12.1 Å². The van der Waals surface area contributed by atoms with E-state index in [2.05, 4.69) is 35.0 Å². The predicted octanol–water partition coefficient (Wildman–Crippen LogP) is 2.67. The normalized spacial score (nSPS) is 11.4. The molecule has 9 nitrogen and oxygen atoms in total. The van der Waals surface area contributed by atoms with Gasteiger partial charge in [0.2, 0.25) is 11.3 Å². The topological polar surface area (TPSA) is 104 Å². The van der Waals surface area contributed by atoms with Crippen molar-refractivity contribution in [1.29, 1.82) is 0 Å². The Hall–Kier alpha value is -3.31. The quantitative estimate of drug-likeness (QED) is 0.738. The average Bonchev–Trinajstić information content (AvgIpc) is 3.01. The van der Waals surface area contributed by atoms with Crippen LogP contribution in [0.4, 0.5) is 24.7 Å². The molecule has 0 fully saturated rings. The number of nitrogens with zero attached hydrogens (tertiary/aromatic N) is 4. The van der Waals surface area contributed by atoms with E-state index in [-0.39, 0.29) is 28.7 Å². The summed E-state index contributed by atoms with van der Waals surface area (Å²) in [5.74, 6) is -0.109. The van der Waals surface area contributed by atoms with E-state index in [4.69, 9.17) is 9.47 Å². The van der Waals surface area contributed by atoms with Crippen molar-refractivity contribution in [2.45, 2.75) is 6.36 Å². The van der Waals surface area contributed by atoms with Crippen molar-refractivity contribution in [3.8, 4) is 17.4 Å². The lowest BCUT2D eigenvalue weighted by molar-refractivity contribution is -0.274.